The van der Waals surface area contributed by atoms with Crippen molar-refractivity contribution in [3.63, 3.8) is 0 Å². The summed E-state index contributed by atoms with van der Waals surface area (Å²) in [6.07, 6.45) is 3.96. The Bertz CT molecular complexity index is 375. The lowest BCUT2D eigenvalue weighted by molar-refractivity contribution is 0.185. The molecule has 0 fully saturated rings. The van der Waals surface area contributed by atoms with Crippen molar-refractivity contribution in [2.24, 2.45) is 0 Å². The van der Waals surface area contributed by atoms with Gasteiger partial charge in [0.2, 0.25) is 0 Å². The molecule has 1 aromatic carbocycles. The van der Waals surface area contributed by atoms with Crippen molar-refractivity contribution in [3.8, 4) is 0 Å². The summed E-state index contributed by atoms with van der Waals surface area (Å²) >= 11 is 0. The molecule has 0 amide bonds. The fraction of sp³-hybridized carbons (Fsp3) is 0.467. The molecule has 0 N–H and O–H groups in total. The molecule has 0 aliphatic heterocycles. The Morgan fingerprint density at radius 1 is 1.22 bits per heavy atom. The van der Waals surface area contributed by atoms with Gasteiger partial charge in [-0.25, -0.2) is 0 Å². The Morgan fingerprint density at radius 2 is 1.94 bits per heavy atom. The van der Waals surface area contributed by atoms with Gasteiger partial charge < -0.3 is 8.85 Å². The normalized spacial score (nSPS) is 11.5. The number of rotatable bonds is 8. The largest absolute Gasteiger partial charge is 0.395 e. The van der Waals surface area contributed by atoms with Gasteiger partial charge in [-0.2, -0.15) is 0 Å². The van der Waals surface area contributed by atoms with Crippen molar-refractivity contribution < 1.29 is 8.85 Å². The van der Waals surface area contributed by atoms with E-state index in [-0.39, 0.29) is 0 Å². The summed E-state index contributed by atoms with van der Waals surface area (Å²) in [6.45, 7) is 11.5. The summed E-state index contributed by atoms with van der Waals surface area (Å²) < 4.78 is 11.5. The number of hydrogen-bond acceptors (Lipinski definition) is 2. The van der Waals surface area contributed by atoms with Gasteiger partial charge in [0.25, 0.3) is 0 Å². The van der Waals surface area contributed by atoms with Gasteiger partial charge in [-0.05, 0) is 44.0 Å². The molecule has 3 heteroatoms. The van der Waals surface area contributed by atoms with Gasteiger partial charge >= 0.3 is 8.56 Å². The first-order valence-corrected chi connectivity index (χ1v) is 9.39. The molecule has 0 saturated carbocycles. The maximum atomic E-state index is 5.86. The molecule has 0 aliphatic carbocycles. The van der Waals surface area contributed by atoms with E-state index in [1.807, 2.05) is 19.1 Å². The fourth-order valence-electron chi connectivity index (χ4n) is 1.93. The molecule has 0 bridgehead atoms. The predicted molar refractivity (Wildman–Crippen MR) is 79.9 cm³/mol. The van der Waals surface area contributed by atoms with Gasteiger partial charge in [-0.15, -0.1) is 0 Å². The van der Waals surface area contributed by atoms with E-state index >= 15 is 0 Å². The number of benzene rings is 1. The SMILES string of the molecule is C=Cc1ccccc1CCCO[Si](C)(C)OCC. The van der Waals surface area contributed by atoms with Crippen LogP contribution < -0.4 is 0 Å². The molecule has 0 atom stereocenters. The third kappa shape index (κ3) is 5.17. The molecule has 18 heavy (non-hydrogen) atoms. The monoisotopic (exact) mass is 264 g/mol. The Labute approximate surface area is 112 Å². The van der Waals surface area contributed by atoms with Crippen LogP contribution in [-0.2, 0) is 15.3 Å². The van der Waals surface area contributed by atoms with E-state index in [4.69, 9.17) is 8.85 Å². The Kier molecular flexibility index (Phi) is 6.33. The van der Waals surface area contributed by atoms with Crippen LogP contribution >= 0.6 is 0 Å². The highest BCUT2D eigenvalue weighted by atomic mass is 28.4. The second-order valence-corrected chi connectivity index (χ2v) is 8.06. The Hall–Kier alpha value is -0.903. The molecule has 0 radical (unpaired) electrons. The molecular formula is C15H24O2Si. The molecule has 1 rings (SSSR count). The molecule has 2 nitrogen and oxygen atoms in total. The van der Waals surface area contributed by atoms with Crippen LogP contribution in [0, 0.1) is 0 Å². The van der Waals surface area contributed by atoms with Crippen molar-refractivity contribution in [1.29, 1.82) is 0 Å². The highest BCUT2D eigenvalue weighted by molar-refractivity contribution is 6.64. The summed E-state index contributed by atoms with van der Waals surface area (Å²) in [4.78, 5) is 0. The highest BCUT2D eigenvalue weighted by Crippen LogP contribution is 2.13. The third-order valence-corrected chi connectivity index (χ3v) is 4.69. The van der Waals surface area contributed by atoms with Gasteiger partial charge in [0.05, 0.1) is 0 Å². The van der Waals surface area contributed by atoms with Crippen LogP contribution in [0.4, 0.5) is 0 Å². The quantitative estimate of drug-likeness (QED) is 0.521. The predicted octanol–water partition coefficient (Wildman–Crippen LogP) is 4.02. The van der Waals surface area contributed by atoms with E-state index in [9.17, 15) is 0 Å². The van der Waals surface area contributed by atoms with Crippen molar-refractivity contribution in [3.05, 3.63) is 42.0 Å². The van der Waals surface area contributed by atoms with Crippen LogP contribution in [0.2, 0.25) is 13.1 Å². The molecule has 0 spiro atoms. The summed E-state index contributed by atoms with van der Waals surface area (Å²) in [5.74, 6) is 0. The van der Waals surface area contributed by atoms with Crippen LogP contribution in [-0.4, -0.2) is 21.8 Å². The van der Waals surface area contributed by atoms with Crippen molar-refractivity contribution in [2.75, 3.05) is 13.2 Å². The van der Waals surface area contributed by atoms with Crippen molar-refractivity contribution >= 4 is 14.6 Å². The third-order valence-electron chi connectivity index (χ3n) is 2.81. The van der Waals surface area contributed by atoms with Crippen LogP contribution in [0.25, 0.3) is 6.08 Å². The molecule has 1 aromatic rings. The first-order valence-electron chi connectivity index (χ1n) is 6.57. The molecular weight excluding hydrogens is 240 g/mol. The van der Waals surface area contributed by atoms with Gasteiger partial charge in [-0.3, -0.25) is 0 Å². The lowest BCUT2D eigenvalue weighted by Gasteiger charge is -2.21. The number of aryl methyl sites for hydroxylation is 1. The van der Waals surface area contributed by atoms with Gasteiger partial charge in [0, 0.05) is 13.2 Å². The van der Waals surface area contributed by atoms with E-state index in [2.05, 4.69) is 37.9 Å². The molecule has 0 aromatic heterocycles. The molecule has 0 saturated heterocycles. The highest BCUT2D eigenvalue weighted by Gasteiger charge is 2.23. The summed E-state index contributed by atoms with van der Waals surface area (Å²) in [7, 11) is -1.88. The lowest BCUT2D eigenvalue weighted by atomic mass is 10.0. The van der Waals surface area contributed by atoms with Crippen LogP contribution in [0.3, 0.4) is 0 Å². The Morgan fingerprint density at radius 3 is 2.61 bits per heavy atom. The zero-order valence-corrected chi connectivity index (χ0v) is 12.7. The summed E-state index contributed by atoms with van der Waals surface area (Å²) in [5, 5.41) is 0. The van der Waals surface area contributed by atoms with Crippen molar-refractivity contribution in [2.45, 2.75) is 32.9 Å². The maximum absolute atomic E-state index is 5.86. The first-order chi connectivity index (χ1) is 8.59. The minimum absolute atomic E-state index is 0.735. The van der Waals surface area contributed by atoms with Crippen LogP contribution in [0.1, 0.15) is 24.5 Å². The van der Waals surface area contributed by atoms with E-state index in [0.717, 1.165) is 26.1 Å². The zero-order valence-electron chi connectivity index (χ0n) is 11.7. The van der Waals surface area contributed by atoms with Gasteiger partial charge in [0.15, 0.2) is 0 Å². The molecule has 0 aliphatic rings. The average Bonchev–Trinajstić information content (AvgIpc) is 2.35. The zero-order chi connectivity index (χ0) is 13.4. The van der Waals surface area contributed by atoms with Crippen LogP contribution in [0.15, 0.2) is 30.8 Å². The molecule has 0 heterocycles. The average molecular weight is 264 g/mol. The molecule has 100 valence electrons. The molecule has 0 unspecified atom stereocenters. The minimum Gasteiger partial charge on any atom is -0.395 e. The van der Waals surface area contributed by atoms with Crippen molar-refractivity contribution in [1.82, 2.24) is 0 Å². The van der Waals surface area contributed by atoms with E-state index in [1.54, 1.807) is 0 Å². The summed E-state index contributed by atoms with van der Waals surface area (Å²) in [5.41, 5.74) is 2.56. The van der Waals surface area contributed by atoms with E-state index in [0.29, 0.717) is 0 Å². The van der Waals surface area contributed by atoms with E-state index < -0.39 is 8.56 Å². The topological polar surface area (TPSA) is 18.5 Å². The second-order valence-electron chi connectivity index (χ2n) is 4.69. The lowest BCUT2D eigenvalue weighted by Crippen LogP contribution is -2.35. The van der Waals surface area contributed by atoms with Gasteiger partial charge in [-0.1, -0.05) is 36.9 Å². The fourth-order valence-corrected chi connectivity index (χ4v) is 3.35. The van der Waals surface area contributed by atoms with E-state index in [1.165, 1.54) is 11.1 Å². The summed E-state index contributed by atoms with van der Waals surface area (Å²) in [6, 6.07) is 8.37. The standard InChI is InChI=1S/C15H24O2Si/c1-5-14-10-7-8-11-15(14)12-9-13-17-18(3,4)16-6-2/h5,7-8,10-11H,1,6,9,12-13H2,2-4H3. The second kappa shape index (κ2) is 7.51. The smallest absolute Gasteiger partial charge is 0.331 e. The number of hydrogen-bond donors (Lipinski definition) is 0. The first kappa shape index (κ1) is 15.2. The maximum Gasteiger partial charge on any atom is 0.331 e. The minimum atomic E-state index is -1.88. The van der Waals surface area contributed by atoms with Crippen LogP contribution in [0.5, 0.6) is 0 Å². The Balaban J connectivity index is 2.36. The van der Waals surface area contributed by atoms with Gasteiger partial charge in [0.1, 0.15) is 0 Å².